The molecule has 0 aromatic carbocycles. The normalized spacial score (nSPS) is 14.1. The zero-order valence-electron chi connectivity index (χ0n) is 59.1. The summed E-state index contributed by atoms with van der Waals surface area (Å²) in [6.07, 6.45) is 50.1. The number of esters is 4. The molecular formula is C72H140O17P2. The third kappa shape index (κ3) is 66.5. The van der Waals surface area contributed by atoms with Gasteiger partial charge in [0.15, 0.2) is 12.2 Å². The zero-order valence-corrected chi connectivity index (χ0v) is 60.9. The van der Waals surface area contributed by atoms with Crippen LogP contribution in [0.25, 0.3) is 0 Å². The van der Waals surface area contributed by atoms with E-state index in [0.29, 0.717) is 25.7 Å². The molecule has 17 nitrogen and oxygen atoms in total. The van der Waals surface area contributed by atoms with Crippen molar-refractivity contribution in [3.8, 4) is 0 Å². The van der Waals surface area contributed by atoms with Crippen LogP contribution in [0.2, 0.25) is 0 Å². The topological polar surface area (TPSA) is 237 Å². The molecule has 3 N–H and O–H groups in total. The molecule has 540 valence electrons. The molecule has 2 unspecified atom stereocenters. The first kappa shape index (κ1) is 89.1. The quantitative estimate of drug-likeness (QED) is 0.0222. The Morgan fingerprint density at radius 3 is 0.747 bits per heavy atom. The van der Waals surface area contributed by atoms with Crippen LogP contribution in [0.5, 0.6) is 0 Å². The van der Waals surface area contributed by atoms with Crippen LogP contribution in [-0.2, 0) is 65.4 Å². The molecule has 0 rings (SSSR count). The van der Waals surface area contributed by atoms with E-state index in [9.17, 15) is 43.2 Å². The molecule has 0 aromatic rings. The Hall–Kier alpha value is -1.94. The second kappa shape index (κ2) is 64.1. The van der Waals surface area contributed by atoms with Gasteiger partial charge in [0.1, 0.15) is 19.3 Å². The number of ether oxygens (including phenoxy) is 4. The number of hydrogen-bond acceptors (Lipinski definition) is 15. The van der Waals surface area contributed by atoms with Crippen LogP contribution < -0.4 is 0 Å². The lowest BCUT2D eigenvalue weighted by Crippen LogP contribution is -2.30. The minimum Gasteiger partial charge on any atom is -0.462 e. The van der Waals surface area contributed by atoms with Crippen molar-refractivity contribution in [2.45, 2.75) is 387 Å². The molecule has 0 aliphatic rings. The number of aliphatic hydroxyl groups excluding tert-OH is 1. The summed E-state index contributed by atoms with van der Waals surface area (Å²) in [5, 5.41) is 10.6. The molecule has 0 spiro atoms. The number of aliphatic hydroxyl groups is 1. The molecule has 0 aliphatic carbocycles. The summed E-state index contributed by atoms with van der Waals surface area (Å²) in [6, 6.07) is 0. The number of phosphoric ester groups is 2. The maximum absolute atomic E-state index is 13.0. The lowest BCUT2D eigenvalue weighted by atomic mass is 10.0. The van der Waals surface area contributed by atoms with E-state index in [1.165, 1.54) is 186 Å². The second-order valence-electron chi connectivity index (χ2n) is 26.9. The molecule has 0 fully saturated rings. The van der Waals surface area contributed by atoms with Crippen LogP contribution in [0, 0.1) is 11.8 Å². The van der Waals surface area contributed by atoms with E-state index in [0.717, 1.165) is 102 Å². The van der Waals surface area contributed by atoms with Crippen molar-refractivity contribution in [1.82, 2.24) is 0 Å². The van der Waals surface area contributed by atoms with Crippen LogP contribution in [0.3, 0.4) is 0 Å². The molecule has 0 amide bonds. The average molecular weight is 1340 g/mol. The van der Waals surface area contributed by atoms with Crippen molar-refractivity contribution in [2.75, 3.05) is 39.6 Å². The molecule has 0 heterocycles. The molecule has 91 heavy (non-hydrogen) atoms. The van der Waals surface area contributed by atoms with Gasteiger partial charge < -0.3 is 33.8 Å². The highest BCUT2D eigenvalue weighted by molar-refractivity contribution is 7.47. The largest absolute Gasteiger partial charge is 0.472 e. The van der Waals surface area contributed by atoms with Crippen molar-refractivity contribution < 1.29 is 80.2 Å². The fourth-order valence-electron chi connectivity index (χ4n) is 10.9. The fourth-order valence-corrected chi connectivity index (χ4v) is 12.5. The number of rotatable bonds is 71. The van der Waals surface area contributed by atoms with Crippen LogP contribution in [0.4, 0.5) is 0 Å². The standard InChI is InChI=1S/C72H140O17P2/c1-7-9-11-13-15-28-36-42-48-54-69(74)82-60-67(88-71(76)56-50-44-38-29-16-14-12-10-8-2)62-86-90(78,79)84-58-66(73)59-85-91(80,81)87-63-68(61-83-70(75)55-49-43-37-33-27-31-35-41-47-53-65(5)6)89-72(77)57-51-45-39-32-26-24-22-20-18-17-19-21-23-25-30-34-40-46-52-64(3)4/h64-68,73H,7-63H2,1-6H3,(H,78,79)(H,80,81)/t66-,67+,68+/m0/s1. The van der Waals surface area contributed by atoms with Gasteiger partial charge in [-0.05, 0) is 37.5 Å². The van der Waals surface area contributed by atoms with Crippen LogP contribution in [0.1, 0.15) is 369 Å². The van der Waals surface area contributed by atoms with Gasteiger partial charge in [-0.2, -0.15) is 0 Å². The van der Waals surface area contributed by atoms with Crippen molar-refractivity contribution in [2.24, 2.45) is 11.8 Å². The van der Waals surface area contributed by atoms with E-state index >= 15 is 0 Å². The minimum atomic E-state index is -4.95. The van der Waals surface area contributed by atoms with E-state index in [1.807, 2.05) is 0 Å². The highest BCUT2D eigenvalue weighted by Gasteiger charge is 2.30. The fraction of sp³-hybridized carbons (Fsp3) is 0.944. The summed E-state index contributed by atoms with van der Waals surface area (Å²) in [7, 11) is -9.90. The van der Waals surface area contributed by atoms with Crippen LogP contribution in [-0.4, -0.2) is 96.7 Å². The summed E-state index contributed by atoms with van der Waals surface area (Å²) in [5.74, 6) is -0.561. The monoisotopic (exact) mass is 1340 g/mol. The predicted molar refractivity (Wildman–Crippen MR) is 368 cm³/mol. The van der Waals surface area contributed by atoms with E-state index in [1.54, 1.807) is 0 Å². The molecule has 0 aliphatic heterocycles. The summed E-state index contributed by atoms with van der Waals surface area (Å²) in [4.78, 5) is 72.5. The second-order valence-corrected chi connectivity index (χ2v) is 29.8. The number of phosphoric acid groups is 2. The highest BCUT2D eigenvalue weighted by Crippen LogP contribution is 2.45. The third-order valence-corrected chi connectivity index (χ3v) is 18.6. The molecule has 5 atom stereocenters. The van der Waals surface area contributed by atoms with Gasteiger partial charge in [-0.25, -0.2) is 9.13 Å². The van der Waals surface area contributed by atoms with Gasteiger partial charge in [-0.15, -0.1) is 0 Å². The lowest BCUT2D eigenvalue weighted by Gasteiger charge is -2.21. The maximum atomic E-state index is 13.0. The lowest BCUT2D eigenvalue weighted by molar-refractivity contribution is -0.161. The Morgan fingerprint density at radius 2 is 0.505 bits per heavy atom. The SMILES string of the molecule is CCCCCCCCCCCC(=O)OC[C@H](COP(=O)(O)OC[C@H](O)COP(=O)(O)OC[C@@H](COC(=O)CCCCCCCCCCCC(C)C)OC(=O)CCCCCCCCCCCCCCCCCCCCC(C)C)OC(=O)CCCCCCCCCCC. The van der Waals surface area contributed by atoms with Gasteiger partial charge in [-0.3, -0.25) is 37.3 Å². The Labute approximate surface area is 556 Å². The van der Waals surface area contributed by atoms with Gasteiger partial charge in [0, 0.05) is 25.7 Å². The first-order chi connectivity index (χ1) is 43.9. The number of unbranched alkanes of at least 4 members (excludes halogenated alkanes) is 41. The van der Waals surface area contributed by atoms with E-state index in [4.69, 9.17) is 37.0 Å². The third-order valence-electron chi connectivity index (χ3n) is 16.7. The van der Waals surface area contributed by atoms with Crippen molar-refractivity contribution >= 4 is 39.5 Å². The Kier molecular flexibility index (Phi) is 62.7. The molecule has 0 aromatic heterocycles. The van der Waals surface area contributed by atoms with Crippen LogP contribution >= 0.6 is 15.6 Å². The van der Waals surface area contributed by atoms with Crippen molar-refractivity contribution in [1.29, 1.82) is 0 Å². The van der Waals surface area contributed by atoms with Gasteiger partial charge in [-0.1, -0.05) is 318 Å². The molecule has 0 saturated heterocycles. The summed E-state index contributed by atoms with van der Waals surface area (Å²) < 4.78 is 68.2. The summed E-state index contributed by atoms with van der Waals surface area (Å²) >= 11 is 0. The van der Waals surface area contributed by atoms with E-state index in [-0.39, 0.29) is 25.7 Å². The molecule has 0 saturated carbocycles. The zero-order chi connectivity index (χ0) is 67.2. The smallest absolute Gasteiger partial charge is 0.462 e. The minimum absolute atomic E-state index is 0.106. The molecule has 0 radical (unpaired) electrons. The summed E-state index contributed by atoms with van der Waals surface area (Å²) in [6.45, 7) is 9.54. The Bertz CT molecular complexity index is 1770. The highest BCUT2D eigenvalue weighted by atomic mass is 31.2. The number of hydrogen-bond donors (Lipinski definition) is 3. The van der Waals surface area contributed by atoms with E-state index in [2.05, 4.69) is 41.5 Å². The molecular weight excluding hydrogens is 1200 g/mol. The Morgan fingerprint density at radius 1 is 0.297 bits per heavy atom. The van der Waals surface area contributed by atoms with Crippen molar-refractivity contribution in [3.05, 3.63) is 0 Å². The number of carbonyl (C=O) groups excluding carboxylic acids is 4. The van der Waals surface area contributed by atoms with Crippen LogP contribution in [0.15, 0.2) is 0 Å². The van der Waals surface area contributed by atoms with Crippen molar-refractivity contribution in [3.63, 3.8) is 0 Å². The predicted octanol–water partition coefficient (Wildman–Crippen LogP) is 20.8. The van der Waals surface area contributed by atoms with Gasteiger partial charge in [0.05, 0.1) is 26.4 Å². The molecule has 0 bridgehead atoms. The maximum Gasteiger partial charge on any atom is 0.472 e. The summed E-state index contributed by atoms with van der Waals surface area (Å²) in [5.41, 5.74) is 0. The van der Waals surface area contributed by atoms with Gasteiger partial charge >= 0.3 is 39.5 Å². The van der Waals surface area contributed by atoms with Gasteiger partial charge in [0.25, 0.3) is 0 Å². The first-order valence-electron chi connectivity index (χ1n) is 37.5. The first-order valence-corrected chi connectivity index (χ1v) is 40.5. The average Bonchev–Trinajstić information content (AvgIpc) is 3.40. The van der Waals surface area contributed by atoms with Gasteiger partial charge in [0.2, 0.25) is 0 Å². The molecule has 19 heteroatoms. The number of carbonyl (C=O) groups is 4. The van der Waals surface area contributed by atoms with E-state index < -0.39 is 97.5 Å². The Balaban J connectivity index is 5.15.